The Morgan fingerprint density at radius 2 is 1.65 bits per heavy atom. The van der Waals surface area contributed by atoms with Crippen LogP contribution < -0.4 is 0 Å². The summed E-state index contributed by atoms with van der Waals surface area (Å²) in [6.45, 7) is 8.42. The van der Waals surface area contributed by atoms with Crippen molar-refractivity contribution in [3.8, 4) is 0 Å². The smallest absolute Gasteiger partial charge is 0.309 e. The third kappa shape index (κ3) is 1.97. The first-order chi connectivity index (χ1) is 7.87. The molecule has 2 rings (SSSR count). The molecule has 1 saturated carbocycles. The van der Waals surface area contributed by atoms with Crippen molar-refractivity contribution in [2.24, 2.45) is 5.41 Å². The number of benzene rings is 1. The van der Waals surface area contributed by atoms with Gasteiger partial charge in [0.05, 0.1) is 5.41 Å². The van der Waals surface area contributed by atoms with E-state index in [2.05, 4.69) is 33.8 Å². The van der Waals surface area contributed by atoms with Crippen LogP contribution >= 0.6 is 0 Å². The largest absolute Gasteiger partial charge is 0.481 e. The standard InChI is InChI=1S/C15H20O2/c1-9-7-10(2)12(4)13(11(9)3)8-15(5-6-15)14(16)17/h7H,5-6,8H2,1-4H3,(H,16,17). The molecule has 1 aliphatic rings. The van der Waals surface area contributed by atoms with Crippen LogP contribution in [0.25, 0.3) is 0 Å². The van der Waals surface area contributed by atoms with Crippen molar-refractivity contribution < 1.29 is 9.90 Å². The monoisotopic (exact) mass is 232 g/mol. The predicted molar refractivity (Wildman–Crippen MR) is 68.4 cm³/mol. The van der Waals surface area contributed by atoms with Crippen molar-refractivity contribution in [3.05, 3.63) is 33.9 Å². The van der Waals surface area contributed by atoms with Crippen molar-refractivity contribution in [2.45, 2.75) is 47.0 Å². The number of rotatable bonds is 3. The lowest BCUT2D eigenvalue weighted by atomic mass is 9.86. The second kappa shape index (κ2) is 3.86. The first-order valence-corrected chi connectivity index (χ1v) is 6.17. The Hall–Kier alpha value is -1.31. The van der Waals surface area contributed by atoms with Crippen LogP contribution in [0.1, 0.15) is 40.7 Å². The molecule has 92 valence electrons. The molecule has 0 spiro atoms. The van der Waals surface area contributed by atoms with Gasteiger partial charge in [0, 0.05) is 0 Å². The molecule has 1 aromatic carbocycles. The number of aliphatic carboxylic acids is 1. The molecule has 0 aliphatic heterocycles. The van der Waals surface area contributed by atoms with Gasteiger partial charge in [-0.1, -0.05) is 6.07 Å². The minimum Gasteiger partial charge on any atom is -0.481 e. The van der Waals surface area contributed by atoms with E-state index >= 15 is 0 Å². The summed E-state index contributed by atoms with van der Waals surface area (Å²) in [6, 6.07) is 2.19. The minimum absolute atomic E-state index is 0.463. The fourth-order valence-electron chi connectivity index (χ4n) is 2.52. The summed E-state index contributed by atoms with van der Waals surface area (Å²) in [5.41, 5.74) is 5.85. The summed E-state index contributed by atoms with van der Waals surface area (Å²) in [7, 11) is 0. The fourth-order valence-corrected chi connectivity index (χ4v) is 2.52. The number of carboxylic acid groups (broad SMARTS) is 1. The van der Waals surface area contributed by atoms with Gasteiger partial charge in [-0.05, 0) is 74.8 Å². The molecule has 1 fully saturated rings. The van der Waals surface area contributed by atoms with Gasteiger partial charge in [-0.25, -0.2) is 0 Å². The summed E-state index contributed by atoms with van der Waals surface area (Å²) < 4.78 is 0. The lowest BCUT2D eigenvalue weighted by Gasteiger charge is -2.18. The zero-order valence-electron chi connectivity index (χ0n) is 11.1. The lowest BCUT2D eigenvalue weighted by molar-refractivity contribution is -0.143. The average Bonchev–Trinajstić information content (AvgIpc) is 3.03. The molecule has 0 unspecified atom stereocenters. The molecular weight excluding hydrogens is 212 g/mol. The Balaban J connectivity index is 2.43. The summed E-state index contributed by atoms with van der Waals surface area (Å²) in [5, 5.41) is 9.29. The number of carbonyl (C=O) groups is 1. The van der Waals surface area contributed by atoms with E-state index in [0.29, 0.717) is 6.42 Å². The molecule has 17 heavy (non-hydrogen) atoms. The van der Waals surface area contributed by atoms with Gasteiger partial charge in [0.15, 0.2) is 0 Å². The highest BCUT2D eigenvalue weighted by atomic mass is 16.4. The second-order valence-electron chi connectivity index (χ2n) is 5.50. The number of hydrogen-bond acceptors (Lipinski definition) is 1. The maximum absolute atomic E-state index is 11.3. The molecule has 1 N–H and O–H groups in total. The first kappa shape index (κ1) is 12.2. The van der Waals surface area contributed by atoms with E-state index in [4.69, 9.17) is 0 Å². The van der Waals surface area contributed by atoms with Crippen LogP contribution in [0, 0.1) is 33.1 Å². The minimum atomic E-state index is -0.629. The van der Waals surface area contributed by atoms with Crippen LogP contribution in [0.2, 0.25) is 0 Å². The van der Waals surface area contributed by atoms with E-state index in [1.807, 2.05) is 0 Å². The van der Waals surface area contributed by atoms with E-state index in [1.54, 1.807) is 0 Å². The van der Waals surface area contributed by atoms with Crippen molar-refractivity contribution in [3.63, 3.8) is 0 Å². The molecule has 0 bridgehead atoms. The molecule has 2 nitrogen and oxygen atoms in total. The number of carboxylic acids is 1. The van der Waals surface area contributed by atoms with E-state index in [1.165, 1.54) is 27.8 Å². The van der Waals surface area contributed by atoms with Crippen molar-refractivity contribution >= 4 is 5.97 Å². The molecule has 0 atom stereocenters. The van der Waals surface area contributed by atoms with Gasteiger partial charge >= 0.3 is 5.97 Å². The van der Waals surface area contributed by atoms with Gasteiger partial charge < -0.3 is 5.11 Å². The fraction of sp³-hybridized carbons (Fsp3) is 0.533. The van der Waals surface area contributed by atoms with Crippen molar-refractivity contribution in [2.75, 3.05) is 0 Å². The summed E-state index contributed by atoms with van der Waals surface area (Å²) in [4.78, 5) is 11.3. The normalized spacial score (nSPS) is 16.9. The summed E-state index contributed by atoms with van der Waals surface area (Å²) >= 11 is 0. The van der Waals surface area contributed by atoms with E-state index in [9.17, 15) is 9.90 Å². The van der Waals surface area contributed by atoms with Crippen LogP contribution in [-0.2, 0) is 11.2 Å². The van der Waals surface area contributed by atoms with Gasteiger partial charge in [-0.3, -0.25) is 4.79 Å². The van der Waals surface area contributed by atoms with Gasteiger partial charge in [-0.15, -0.1) is 0 Å². The van der Waals surface area contributed by atoms with Gasteiger partial charge in [0.1, 0.15) is 0 Å². The van der Waals surface area contributed by atoms with Crippen LogP contribution in [0.5, 0.6) is 0 Å². The zero-order valence-corrected chi connectivity index (χ0v) is 11.1. The third-order valence-electron chi connectivity index (χ3n) is 4.34. The highest BCUT2D eigenvalue weighted by Crippen LogP contribution is 2.49. The van der Waals surface area contributed by atoms with Crippen LogP contribution in [0.15, 0.2) is 6.07 Å². The maximum Gasteiger partial charge on any atom is 0.309 e. The molecule has 0 amide bonds. The van der Waals surface area contributed by atoms with Gasteiger partial charge in [0.25, 0.3) is 0 Å². The Labute approximate surface area is 103 Å². The zero-order chi connectivity index (χ0) is 12.8. The Morgan fingerprint density at radius 1 is 1.18 bits per heavy atom. The molecule has 1 aromatic rings. The van der Waals surface area contributed by atoms with E-state index < -0.39 is 11.4 Å². The molecule has 1 aliphatic carbocycles. The average molecular weight is 232 g/mol. The van der Waals surface area contributed by atoms with Gasteiger partial charge in [-0.2, -0.15) is 0 Å². The topological polar surface area (TPSA) is 37.3 Å². The van der Waals surface area contributed by atoms with E-state index in [-0.39, 0.29) is 0 Å². The highest BCUT2D eigenvalue weighted by molar-refractivity contribution is 5.78. The molecule has 0 aromatic heterocycles. The summed E-state index contributed by atoms with van der Waals surface area (Å²) in [6.07, 6.45) is 2.35. The number of hydrogen-bond donors (Lipinski definition) is 1. The molecule has 2 heteroatoms. The SMILES string of the molecule is Cc1cc(C)c(C)c(CC2(C(=O)O)CC2)c1C. The maximum atomic E-state index is 11.3. The Bertz CT molecular complexity index is 456. The van der Waals surface area contributed by atoms with Gasteiger partial charge in [0.2, 0.25) is 0 Å². The van der Waals surface area contributed by atoms with E-state index in [0.717, 1.165) is 12.8 Å². The molecule has 0 radical (unpaired) electrons. The predicted octanol–water partition coefficient (Wildman–Crippen LogP) is 3.33. The Morgan fingerprint density at radius 3 is 2.00 bits per heavy atom. The molecule has 0 heterocycles. The first-order valence-electron chi connectivity index (χ1n) is 6.17. The Kier molecular flexibility index (Phi) is 2.76. The summed E-state index contributed by atoms with van der Waals surface area (Å²) in [5.74, 6) is -0.629. The second-order valence-corrected chi connectivity index (χ2v) is 5.50. The van der Waals surface area contributed by atoms with Crippen molar-refractivity contribution in [1.29, 1.82) is 0 Å². The highest BCUT2D eigenvalue weighted by Gasteiger charge is 2.50. The molecular formula is C15H20O2. The third-order valence-corrected chi connectivity index (χ3v) is 4.34. The van der Waals surface area contributed by atoms with Crippen LogP contribution in [-0.4, -0.2) is 11.1 Å². The number of aryl methyl sites for hydroxylation is 2. The molecule has 0 saturated heterocycles. The quantitative estimate of drug-likeness (QED) is 0.868. The van der Waals surface area contributed by atoms with Crippen LogP contribution in [0.4, 0.5) is 0 Å². The van der Waals surface area contributed by atoms with Crippen LogP contribution in [0.3, 0.4) is 0 Å². The van der Waals surface area contributed by atoms with Crippen molar-refractivity contribution in [1.82, 2.24) is 0 Å². The lowest BCUT2D eigenvalue weighted by Crippen LogP contribution is -2.19.